The molecule has 0 aliphatic rings. The number of aryl methyl sites for hydroxylation is 2. The van der Waals surface area contributed by atoms with Crippen molar-refractivity contribution in [3.8, 4) is 78.6 Å². The van der Waals surface area contributed by atoms with Gasteiger partial charge in [-0.2, -0.15) is 0 Å². The Hall–Kier alpha value is -7.04. The minimum absolute atomic E-state index is 0.0691. The van der Waals surface area contributed by atoms with Crippen molar-refractivity contribution in [1.82, 2.24) is 9.55 Å². The van der Waals surface area contributed by atoms with Gasteiger partial charge in [-0.3, -0.25) is 4.57 Å². The van der Waals surface area contributed by atoms with E-state index in [2.05, 4.69) is 270 Å². The second-order valence-corrected chi connectivity index (χ2v) is 23.6. The second-order valence-electron chi connectivity index (χ2n) is 23.6. The third-order valence-corrected chi connectivity index (χ3v) is 14.1. The Morgan fingerprint density at radius 1 is 0.443 bits per heavy atom. The van der Waals surface area contributed by atoms with Gasteiger partial charge in [-0.25, -0.2) is 9.55 Å². The standard InChI is InChI=1S/C66H69N3O/c1-42-36-49(63(2,3)4)30-32-52(42)45-28-26-43(27-29-45)46-34-35-68(14)59(38-46)48-23-18-22-47(37-48)53-24-19-25-58-60(53)67-62(55-40-51(65(8,9)10)41-56(61(55)70)66(11,12)13)69(58)57-33-31-50(64(5,6)7)39-54(57)44-20-16-15-17-21-44/h15-41H,1-14H3/p+1. The number of nitrogens with zero attached hydrogens (tertiary/aromatic N) is 3. The molecule has 0 fully saturated rings. The second kappa shape index (κ2) is 17.7. The van der Waals surface area contributed by atoms with Crippen LogP contribution >= 0.6 is 0 Å². The fourth-order valence-electron chi connectivity index (χ4n) is 9.79. The van der Waals surface area contributed by atoms with Crippen molar-refractivity contribution in [3.05, 3.63) is 192 Å². The summed E-state index contributed by atoms with van der Waals surface area (Å²) in [6.45, 7) is 29.0. The van der Waals surface area contributed by atoms with Crippen molar-refractivity contribution >= 4 is 11.0 Å². The van der Waals surface area contributed by atoms with Crippen LogP contribution < -0.4 is 4.57 Å². The van der Waals surface area contributed by atoms with Crippen molar-refractivity contribution < 1.29 is 9.67 Å². The molecule has 70 heavy (non-hydrogen) atoms. The molecule has 0 spiro atoms. The van der Waals surface area contributed by atoms with E-state index in [4.69, 9.17) is 4.98 Å². The van der Waals surface area contributed by atoms with Crippen molar-refractivity contribution in [2.45, 2.75) is 112 Å². The molecule has 0 amide bonds. The molecule has 7 aromatic carbocycles. The number of para-hydroxylation sites is 1. The Morgan fingerprint density at radius 3 is 1.69 bits per heavy atom. The number of benzene rings is 7. The average Bonchev–Trinajstić information content (AvgIpc) is 3.70. The Labute approximate surface area is 417 Å². The van der Waals surface area contributed by atoms with Gasteiger partial charge in [0.2, 0.25) is 5.69 Å². The Bertz CT molecular complexity index is 3420. The van der Waals surface area contributed by atoms with Crippen LogP contribution in [0.15, 0.2) is 164 Å². The fraction of sp³-hybridized carbons (Fsp3) is 0.273. The zero-order valence-corrected chi connectivity index (χ0v) is 43.9. The lowest BCUT2D eigenvalue weighted by molar-refractivity contribution is -0.660. The number of fused-ring (bicyclic) bond motifs is 1. The monoisotopic (exact) mass is 921 g/mol. The topological polar surface area (TPSA) is 41.9 Å². The first-order chi connectivity index (χ1) is 33.0. The van der Waals surface area contributed by atoms with Crippen LogP contribution in [0.5, 0.6) is 5.75 Å². The maximum absolute atomic E-state index is 12.5. The van der Waals surface area contributed by atoms with Crippen LogP contribution in [0.2, 0.25) is 0 Å². The number of rotatable bonds is 7. The lowest BCUT2D eigenvalue weighted by Crippen LogP contribution is -2.30. The van der Waals surface area contributed by atoms with E-state index in [-0.39, 0.29) is 27.4 Å². The molecule has 0 saturated heterocycles. The number of imidazole rings is 1. The summed E-state index contributed by atoms with van der Waals surface area (Å²) in [5, 5.41) is 12.5. The van der Waals surface area contributed by atoms with Crippen LogP contribution in [0.1, 0.15) is 111 Å². The molecule has 2 aromatic heterocycles. The first-order valence-electron chi connectivity index (χ1n) is 24.9. The van der Waals surface area contributed by atoms with E-state index in [0.29, 0.717) is 5.82 Å². The summed E-state index contributed by atoms with van der Waals surface area (Å²) >= 11 is 0. The fourth-order valence-corrected chi connectivity index (χ4v) is 9.79. The number of aromatic nitrogens is 3. The number of hydrogen-bond acceptors (Lipinski definition) is 2. The maximum Gasteiger partial charge on any atom is 0.212 e. The van der Waals surface area contributed by atoms with Gasteiger partial charge in [-0.05, 0) is 121 Å². The summed E-state index contributed by atoms with van der Waals surface area (Å²) in [5.41, 5.74) is 20.4. The van der Waals surface area contributed by atoms with Gasteiger partial charge in [-0.15, -0.1) is 0 Å². The lowest BCUT2D eigenvalue weighted by atomic mass is 9.79. The Morgan fingerprint density at radius 2 is 1.03 bits per heavy atom. The molecule has 4 heteroatoms. The van der Waals surface area contributed by atoms with Crippen LogP contribution in [-0.4, -0.2) is 14.7 Å². The summed E-state index contributed by atoms with van der Waals surface area (Å²) in [6.07, 6.45) is 2.16. The van der Waals surface area contributed by atoms with E-state index in [0.717, 1.165) is 72.5 Å². The lowest BCUT2D eigenvalue weighted by Gasteiger charge is -2.28. The SMILES string of the molecule is Cc1cc(C(C)(C)C)ccc1-c1ccc(-c2cc[n+](C)c(-c3cccc(-c4cccc5c4nc(-c4cc(C(C)(C)C)cc(C(C)(C)C)c4O)n5-c4ccc(C(C)(C)C)cc4-c4ccccc4)c3)c2)cc1. The van der Waals surface area contributed by atoms with Crippen LogP contribution in [0.4, 0.5) is 0 Å². The van der Waals surface area contributed by atoms with Gasteiger partial charge in [0.1, 0.15) is 18.6 Å². The van der Waals surface area contributed by atoms with Gasteiger partial charge in [0, 0.05) is 34.4 Å². The van der Waals surface area contributed by atoms with Gasteiger partial charge in [0.15, 0.2) is 6.20 Å². The van der Waals surface area contributed by atoms with Gasteiger partial charge >= 0.3 is 0 Å². The van der Waals surface area contributed by atoms with E-state index >= 15 is 0 Å². The zero-order chi connectivity index (χ0) is 50.1. The molecule has 0 radical (unpaired) electrons. The molecular weight excluding hydrogens is 851 g/mol. The Kier molecular flexibility index (Phi) is 12.2. The van der Waals surface area contributed by atoms with E-state index in [9.17, 15) is 5.11 Å². The third kappa shape index (κ3) is 9.25. The average molecular weight is 921 g/mol. The minimum atomic E-state index is -0.318. The summed E-state index contributed by atoms with van der Waals surface area (Å²) in [5.74, 6) is 0.968. The van der Waals surface area contributed by atoms with E-state index in [1.165, 1.54) is 33.4 Å². The highest BCUT2D eigenvalue weighted by Crippen LogP contribution is 2.46. The molecule has 9 rings (SSSR count). The highest BCUT2D eigenvalue weighted by molar-refractivity contribution is 5.97. The number of hydrogen-bond donors (Lipinski definition) is 1. The number of phenols is 1. The third-order valence-electron chi connectivity index (χ3n) is 14.1. The molecule has 4 nitrogen and oxygen atoms in total. The van der Waals surface area contributed by atoms with Gasteiger partial charge < -0.3 is 5.11 Å². The van der Waals surface area contributed by atoms with Crippen molar-refractivity contribution in [1.29, 1.82) is 0 Å². The summed E-state index contributed by atoms with van der Waals surface area (Å²) in [6, 6.07) is 57.6. The number of aromatic hydroxyl groups is 1. The first kappa shape index (κ1) is 48.0. The predicted octanol–water partition coefficient (Wildman–Crippen LogP) is 17.1. The largest absolute Gasteiger partial charge is 0.507 e. The van der Waals surface area contributed by atoms with Crippen molar-refractivity contribution in [2.75, 3.05) is 0 Å². The molecule has 0 aliphatic carbocycles. The Balaban J connectivity index is 1.21. The normalized spacial score (nSPS) is 12.5. The van der Waals surface area contributed by atoms with Crippen molar-refractivity contribution in [2.24, 2.45) is 7.05 Å². The molecular formula is C66H70N3O+. The quantitative estimate of drug-likeness (QED) is 0.162. The van der Waals surface area contributed by atoms with Crippen LogP contribution in [0, 0.1) is 6.92 Å². The van der Waals surface area contributed by atoms with Gasteiger partial charge in [0.05, 0.1) is 22.3 Å². The molecule has 2 heterocycles. The van der Waals surface area contributed by atoms with E-state index < -0.39 is 0 Å². The molecule has 0 saturated carbocycles. The maximum atomic E-state index is 12.5. The van der Waals surface area contributed by atoms with Gasteiger partial charge in [-0.1, -0.05) is 192 Å². The molecule has 0 aliphatic heterocycles. The van der Waals surface area contributed by atoms with E-state index in [1.54, 1.807) is 0 Å². The molecule has 354 valence electrons. The summed E-state index contributed by atoms with van der Waals surface area (Å²) in [4.78, 5) is 5.67. The van der Waals surface area contributed by atoms with Crippen molar-refractivity contribution in [3.63, 3.8) is 0 Å². The smallest absolute Gasteiger partial charge is 0.212 e. The summed E-state index contributed by atoms with van der Waals surface area (Å²) in [7, 11) is 2.12. The number of pyridine rings is 1. The summed E-state index contributed by atoms with van der Waals surface area (Å²) < 4.78 is 4.50. The zero-order valence-electron chi connectivity index (χ0n) is 43.9. The van der Waals surface area contributed by atoms with Crippen LogP contribution in [-0.2, 0) is 28.7 Å². The van der Waals surface area contributed by atoms with Crippen LogP contribution in [0.25, 0.3) is 83.9 Å². The molecule has 0 unspecified atom stereocenters. The highest BCUT2D eigenvalue weighted by atomic mass is 16.3. The molecule has 9 aromatic rings. The van der Waals surface area contributed by atoms with Gasteiger partial charge in [0.25, 0.3) is 0 Å². The highest BCUT2D eigenvalue weighted by Gasteiger charge is 2.30. The predicted molar refractivity (Wildman–Crippen MR) is 296 cm³/mol. The minimum Gasteiger partial charge on any atom is -0.507 e. The molecule has 0 atom stereocenters. The molecule has 0 bridgehead atoms. The van der Waals surface area contributed by atoms with E-state index in [1.807, 2.05) is 0 Å². The first-order valence-corrected chi connectivity index (χ1v) is 24.9. The van der Waals surface area contributed by atoms with Crippen LogP contribution in [0.3, 0.4) is 0 Å². The molecule has 1 N–H and O–H groups in total. The number of phenolic OH excluding ortho intramolecular Hbond substituents is 1.